The van der Waals surface area contributed by atoms with E-state index in [0.717, 1.165) is 16.8 Å². The molecule has 4 heteroatoms. The molecule has 2 aromatic carbocycles. The quantitative estimate of drug-likeness (QED) is 0.823. The van der Waals surface area contributed by atoms with Crippen molar-refractivity contribution < 1.29 is 14.7 Å². The second kappa shape index (κ2) is 7.30. The maximum absolute atomic E-state index is 12.6. The normalized spacial score (nSPS) is 10.9. The molecule has 0 radical (unpaired) electrons. The van der Waals surface area contributed by atoms with Crippen molar-refractivity contribution in [2.45, 2.75) is 39.5 Å². The van der Waals surface area contributed by atoms with E-state index < -0.39 is 5.97 Å². The van der Waals surface area contributed by atoms with Gasteiger partial charge in [0.15, 0.2) is 0 Å². The molecule has 1 amide bonds. The van der Waals surface area contributed by atoms with Crippen molar-refractivity contribution in [1.29, 1.82) is 0 Å². The summed E-state index contributed by atoms with van der Waals surface area (Å²) in [5, 5.41) is 12.1. The van der Waals surface area contributed by atoms with Gasteiger partial charge in [0.25, 0.3) is 5.91 Å². The molecular weight excluding hydrogens is 302 g/mol. The number of rotatable bonds is 5. The first-order valence-electron chi connectivity index (χ1n) is 8.08. The standard InChI is InChI=1S/C20H23NO3/c1-12(2)16-9-6-10-17(13(3)4)18(16)21-19(22)14-7-5-8-15(11-14)20(23)24/h5-13H,1-4H3,(H,21,22)(H,23,24). The molecule has 0 saturated heterocycles. The number of aromatic carboxylic acids is 1. The molecule has 0 fully saturated rings. The van der Waals surface area contributed by atoms with E-state index in [1.165, 1.54) is 12.1 Å². The Balaban J connectivity index is 2.41. The molecule has 0 saturated carbocycles. The summed E-state index contributed by atoms with van der Waals surface area (Å²) in [6, 6.07) is 12.1. The molecule has 24 heavy (non-hydrogen) atoms. The van der Waals surface area contributed by atoms with E-state index in [1.54, 1.807) is 12.1 Å². The van der Waals surface area contributed by atoms with Crippen LogP contribution in [0.5, 0.6) is 0 Å². The van der Waals surface area contributed by atoms with Crippen LogP contribution < -0.4 is 5.32 Å². The number of hydrogen-bond donors (Lipinski definition) is 2. The topological polar surface area (TPSA) is 66.4 Å². The van der Waals surface area contributed by atoms with Crippen molar-refractivity contribution in [2.75, 3.05) is 5.32 Å². The molecular formula is C20H23NO3. The maximum atomic E-state index is 12.6. The van der Waals surface area contributed by atoms with Crippen LogP contribution in [0.1, 0.15) is 71.4 Å². The van der Waals surface area contributed by atoms with Crippen LogP contribution in [0.2, 0.25) is 0 Å². The number of anilines is 1. The molecule has 0 bridgehead atoms. The van der Waals surface area contributed by atoms with Crippen LogP contribution in [0.15, 0.2) is 42.5 Å². The van der Waals surface area contributed by atoms with Gasteiger partial charge in [-0.3, -0.25) is 4.79 Å². The van der Waals surface area contributed by atoms with E-state index in [9.17, 15) is 9.59 Å². The van der Waals surface area contributed by atoms with Gasteiger partial charge in [-0.25, -0.2) is 4.79 Å². The Morgan fingerprint density at radius 1 is 0.875 bits per heavy atom. The van der Waals surface area contributed by atoms with Gasteiger partial charge in [0.05, 0.1) is 5.56 Å². The van der Waals surface area contributed by atoms with Crippen molar-refractivity contribution >= 4 is 17.6 Å². The number of nitrogens with one attached hydrogen (secondary N) is 1. The minimum atomic E-state index is -1.05. The van der Waals surface area contributed by atoms with Crippen LogP contribution in [0.25, 0.3) is 0 Å². The van der Waals surface area contributed by atoms with Crippen molar-refractivity contribution in [2.24, 2.45) is 0 Å². The van der Waals surface area contributed by atoms with Crippen molar-refractivity contribution in [1.82, 2.24) is 0 Å². The van der Waals surface area contributed by atoms with Gasteiger partial charge < -0.3 is 10.4 Å². The van der Waals surface area contributed by atoms with Crippen molar-refractivity contribution in [3.8, 4) is 0 Å². The number of carbonyl (C=O) groups excluding carboxylic acids is 1. The first-order valence-corrected chi connectivity index (χ1v) is 8.08. The highest BCUT2D eigenvalue weighted by molar-refractivity contribution is 6.06. The third-order valence-corrected chi connectivity index (χ3v) is 3.98. The lowest BCUT2D eigenvalue weighted by Crippen LogP contribution is -2.16. The molecule has 0 aliphatic carbocycles. The zero-order valence-electron chi connectivity index (χ0n) is 14.5. The molecule has 0 aliphatic rings. The van der Waals surface area contributed by atoms with Gasteiger partial charge in [-0.05, 0) is 41.2 Å². The fourth-order valence-corrected chi connectivity index (χ4v) is 2.67. The minimum Gasteiger partial charge on any atom is -0.478 e. The highest BCUT2D eigenvalue weighted by Gasteiger charge is 2.17. The summed E-state index contributed by atoms with van der Waals surface area (Å²) < 4.78 is 0. The van der Waals surface area contributed by atoms with E-state index in [4.69, 9.17) is 5.11 Å². The number of hydrogen-bond acceptors (Lipinski definition) is 2. The average molecular weight is 325 g/mol. The molecule has 0 aliphatic heterocycles. The molecule has 2 N–H and O–H groups in total. The summed E-state index contributed by atoms with van der Waals surface area (Å²) in [7, 11) is 0. The van der Waals surface area contributed by atoms with Crippen LogP contribution in [0.4, 0.5) is 5.69 Å². The number of carboxylic acids is 1. The SMILES string of the molecule is CC(C)c1cccc(C(C)C)c1NC(=O)c1cccc(C(=O)O)c1. The summed E-state index contributed by atoms with van der Waals surface area (Å²) >= 11 is 0. The number of para-hydroxylation sites is 1. The molecule has 2 rings (SSSR count). The highest BCUT2D eigenvalue weighted by atomic mass is 16.4. The van der Waals surface area contributed by atoms with E-state index in [-0.39, 0.29) is 23.3 Å². The van der Waals surface area contributed by atoms with Gasteiger partial charge in [0.1, 0.15) is 0 Å². The molecule has 0 atom stereocenters. The summed E-state index contributed by atoms with van der Waals surface area (Å²) in [6.07, 6.45) is 0. The maximum Gasteiger partial charge on any atom is 0.335 e. The third-order valence-electron chi connectivity index (χ3n) is 3.98. The zero-order valence-corrected chi connectivity index (χ0v) is 14.5. The smallest absolute Gasteiger partial charge is 0.335 e. The second-order valence-corrected chi connectivity index (χ2v) is 6.46. The van der Waals surface area contributed by atoms with Gasteiger partial charge in [-0.15, -0.1) is 0 Å². The Kier molecular flexibility index (Phi) is 5.39. The third kappa shape index (κ3) is 3.82. The Morgan fingerprint density at radius 2 is 1.38 bits per heavy atom. The highest BCUT2D eigenvalue weighted by Crippen LogP contribution is 2.32. The molecule has 2 aromatic rings. The second-order valence-electron chi connectivity index (χ2n) is 6.46. The fourth-order valence-electron chi connectivity index (χ4n) is 2.67. The molecule has 4 nitrogen and oxygen atoms in total. The Labute approximate surface area is 142 Å². The largest absolute Gasteiger partial charge is 0.478 e. The lowest BCUT2D eigenvalue weighted by atomic mass is 9.92. The summed E-state index contributed by atoms with van der Waals surface area (Å²) in [5.74, 6) is -0.808. The van der Waals surface area contributed by atoms with Crippen LogP contribution in [-0.2, 0) is 0 Å². The van der Waals surface area contributed by atoms with Gasteiger partial charge in [0, 0.05) is 11.3 Å². The molecule has 0 unspecified atom stereocenters. The molecule has 126 valence electrons. The zero-order chi connectivity index (χ0) is 17.9. The lowest BCUT2D eigenvalue weighted by molar-refractivity contribution is 0.0697. The predicted octanol–water partition coefficient (Wildman–Crippen LogP) is 4.88. The van der Waals surface area contributed by atoms with Crippen LogP contribution in [-0.4, -0.2) is 17.0 Å². The van der Waals surface area contributed by atoms with Crippen LogP contribution >= 0.6 is 0 Å². The predicted molar refractivity (Wildman–Crippen MR) is 96.0 cm³/mol. The first-order chi connectivity index (χ1) is 11.3. The molecule has 0 aromatic heterocycles. The molecule has 0 spiro atoms. The molecule has 0 heterocycles. The minimum absolute atomic E-state index is 0.101. The van der Waals surface area contributed by atoms with Gasteiger partial charge in [0.2, 0.25) is 0 Å². The summed E-state index contributed by atoms with van der Waals surface area (Å²) in [4.78, 5) is 23.7. The van der Waals surface area contributed by atoms with Gasteiger partial charge in [-0.1, -0.05) is 52.0 Å². The van der Waals surface area contributed by atoms with Crippen LogP contribution in [0.3, 0.4) is 0 Å². The van der Waals surface area contributed by atoms with E-state index in [2.05, 4.69) is 33.0 Å². The Morgan fingerprint density at radius 3 is 1.88 bits per heavy atom. The fraction of sp³-hybridized carbons (Fsp3) is 0.300. The van der Waals surface area contributed by atoms with Crippen molar-refractivity contribution in [3.05, 3.63) is 64.7 Å². The number of benzene rings is 2. The Hall–Kier alpha value is -2.62. The summed E-state index contributed by atoms with van der Waals surface area (Å²) in [6.45, 7) is 8.33. The number of carbonyl (C=O) groups is 2. The Bertz CT molecular complexity index is 737. The van der Waals surface area contributed by atoms with E-state index in [1.807, 2.05) is 18.2 Å². The average Bonchev–Trinajstić information content (AvgIpc) is 2.54. The van der Waals surface area contributed by atoms with Gasteiger partial charge >= 0.3 is 5.97 Å². The van der Waals surface area contributed by atoms with E-state index >= 15 is 0 Å². The number of carboxylic acid groups (broad SMARTS) is 1. The lowest BCUT2D eigenvalue weighted by Gasteiger charge is -2.20. The summed E-state index contributed by atoms with van der Waals surface area (Å²) in [5.41, 5.74) is 3.41. The van der Waals surface area contributed by atoms with E-state index in [0.29, 0.717) is 5.56 Å². The number of amides is 1. The van der Waals surface area contributed by atoms with Crippen molar-refractivity contribution in [3.63, 3.8) is 0 Å². The first kappa shape index (κ1) is 17.7. The monoisotopic (exact) mass is 325 g/mol. The van der Waals surface area contributed by atoms with Gasteiger partial charge in [-0.2, -0.15) is 0 Å². The van der Waals surface area contributed by atoms with Crippen LogP contribution in [0, 0.1) is 0 Å².